The number of alkyl halides is 2. The Labute approximate surface area is 94.8 Å². The average molecular weight is 228 g/mol. The lowest BCUT2D eigenvalue weighted by molar-refractivity contribution is 0.140. The number of halogens is 2. The molecule has 90 valence electrons. The van der Waals surface area contributed by atoms with Crippen molar-refractivity contribution in [1.82, 2.24) is 5.32 Å². The maximum atomic E-state index is 12.1. The molecule has 0 heterocycles. The zero-order valence-electron chi connectivity index (χ0n) is 9.37. The molecule has 0 amide bonds. The Morgan fingerprint density at radius 2 is 1.88 bits per heavy atom. The molecule has 2 atom stereocenters. The Bertz CT molecular complexity index is 290. The standard InChI is InChI=1S/C12H18F2N2/c1-9(10-5-3-2-4-6-10)11(7-15)16-8-12(13)14/h2-6,9,11-12,16H,7-8,15H2,1H3. The highest BCUT2D eigenvalue weighted by atomic mass is 19.3. The molecule has 2 nitrogen and oxygen atoms in total. The number of benzene rings is 1. The van der Waals surface area contributed by atoms with Crippen LogP contribution < -0.4 is 11.1 Å². The van der Waals surface area contributed by atoms with E-state index < -0.39 is 6.43 Å². The summed E-state index contributed by atoms with van der Waals surface area (Å²) in [6.07, 6.45) is -2.34. The molecule has 0 spiro atoms. The quantitative estimate of drug-likeness (QED) is 0.781. The van der Waals surface area contributed by atoms with Gasteiger partial charge in [0.15, 0.2) is 0 Å². The molecule has 0 aliphatic rings. The Morgan fingerprint density at radius 1 is 1.25 bits per heavy atom. The number of hydrogen-bond acceptors (Lipinski definition) is 2. The molecule has 1 aromatic rings. The van der Waals surface area contributed by atoms with Crippen LogP contribution in [0.4, 0.5) is 8.78 Å². The first kappa shape index (κ1) is 13.1. The van der Waals surface area contributed by atoms with Crippen LogP contribution in [0.3, 0.4) is 0 Å². The van der Waals surface area contributed by atoms with Crippen molar-refractivity contribution in [3.63, 3.8) is 0 Å². The van der Waals surface area contributed by atoms with Crippen LogP contribution in [-0.2, 0) is 0 Å². The van der Waals surface area contributed by atoms with Crippen LogP contribution in [0.15, 0.2) is 30.3 Å². The van der Waals surface area contributed by atoms with Crippen molar-refractivity contribution in [3.05, 3.63) is 35.9 Å². The van der Waals surface area contributed by atoms with Gasteiger partial charge in [0.1, 0.15) is 0 Å². The van der Waals surface area contributed by atoms with Crippen LogP contribution in [0.5, 0.6) is 0 Å². The van der Waals surface area contributed by atoms with Gasteiger partial charge in [-0.1, -0.05) is 37.3 Å². The summed E-state index contributed by atoms with van der Waals surface area (Å²) in [7, 11) is 0. The molecule has 0 aliphatic carbocycles. The number of rotatable bonds is 6. The van der Waals surface area contributed by atoms with E-state index in [0.29, 0.717) is 6.54 Å². The molecule has 2 unspecified atom stereocenters. The predicted molar refractivity (Wildman–Crippen MR) is 61.7 cm³/mol. The number of nitrogens with two attached hydrogens (primary N) is 1. The van der Waals surface area contributed by atoms with Crippen molar-refractivity contribution in [2.75, 3.05) is 13.1 Å². The van der Waals surface area contributed by atoms with E-state index in [9.17, 15) is 8.78 Å². The molecule has 0 bridgehead atoms. The third kappa shape index (κ3) is 3.87. The Balaban J connectivity index is 2.59. The molecule has 1 aromatic carbocycles. The Hall–Kier alpha value is -1.00. The van der Waals surface area contributed by atoms with Gasteiger partial charge in [0.25, 0.3) is 6.43 Å². The fourth-order valence-corrected chi connectivity index (χ4v) is 1.69. The van der Waals surface area contributed by atoms with Crippen molar-refractivity contribution >= 4 is 0 Å². The second-order valence-electron chi connectivity index (χ2n) is 3.84. The van der Waals surface area contributed by atoms with Crippen LogP contribution in [0, 0.1) is 0 Å². The summed E-state index contributed by atoms with van der Waals surface area (Å²) in [5.74, 6) is 0.130. The van der Waals surface area contributed by atoms with Crippen LogP contribution in [0.2, 0.25) is 0 Å². The summed E-state index contributed by atoms with van der Waals surface area (Å²) in [6, 6.07) is 9.66. The minimum Gasteiger partial charge on any atom is -0.329 e. The summed E-state index contributed by atoms with van der Waals surface area (Å²) in [6.45, 7) is 2.03. The lowest BCUT2D eigenvalue weighted by Crippen LogP contribution is -2.42. The number of hydrogen-bond donors (Lipinski definition) is 2. The van der Waals surface area contributed by atoms with Crippen molar-refractivity contribution in [2.24, 2.45) is 5.73 Å². The monoisotopic (exact) mass is 228 g/mol. The molecule has 16 heavy (non-hydrogen) atoms. The molecule has 4 heteroatoms. The summed E-state index contributed by atoms with van der Waals surface area (Å²) in [5, 5.41) is 2.79. The maximum Gasteiger partial charge on any atom is 0.250 e. The van der Waals surface area contributed by atoms with E-state index in [1.807, 2.05) is 37.3 Å². The topological polar surface area (TPSA) is 38.0 Å². The van der Waals surface area contributed by atoms with Crippen LogP contribution in [0.1, 0.15) is 18.4 Å². The summed E-state index contributed by atoms with van der Waals surface area (Å²) in [4.78, 5) is 0. The van der Waals surface area contributed by atoms with Crippen molar-refractivity contribution in [3.8, 4) is 0 Å². The van der Waals surface area contributed by atoms with Gasteiger partial charge in [-0.2, -0.15) is 0 Å². The average Bonchev–Trinajstić information content (AvgIpc) is 2.30. The first-order valence-electron chi connectivity index (χ1n) is 5.41. The van der Waals surface area contributed by atoms with E-state index >= 15 is 0 Å². The van der Waals surface area contributed by atoms with E-state index in [1.165, 1.54) is 0 Å². The highest BCUT2D eigenvalue weighted by Crippen LogP contribution is 2.18. The zero-order valence-corrected chi connectivity index (χ0v) is 9.37. The van der Waals surface area contributed by atoms with Gasteiger partial charge in [-0.25, -0.2) is 8.78 Å². The highest BCUT2D eigenvalue weighted by molar-refractivity contribution is 5.20. The molecule has 0 saturated carbocycles. The summed E-state index contributed by atoms with van der Waals surface area (Å²) < 4.78 is 24.2. The minimum atomic E-state index is -2.34. The fraction of sp³-hybridized carbons (Fsp3) is 0.500. The second-order valence-corrected chi connectivity index (χ2v) is 3.84. The van der Waals surface area contributed by atoms with Gasteiger partial charge in [0.2, 0.25) is 0 Å². The van der Waals surface area contributed by atoms with Gasteiger partial charge in [-0.15, -0.1) is 0 Å². The lowest BCUT2D eigenvalue weighted by Gasteiger charge is -2.24. The molecule has 3 N–H and O–H groups in total. The second kappa shape index (κ2) is 6.55. The molecule has 0 aromatic heterocycles. The van der Waals surface area contributed by atoms with Gasteiger partial charge in [-0.3, -0.25) is 0 Å². The molecular weight excluding hydrogens is 210 g/mol. The SMILES string of the molecule is CC(c1ccccc1)C(CN)NCC(F)F. The summed E-state index contributed by atoms with van der Waals surface area (Å²) >= 11 is 0. The van der Waals surface area contributed by atoms with E-state index in [2.05, 4.69) is 5.32 Å². The van der Waals surface area contributed by atoms with Crippen LogP contribution in [0.25, 0.3) is 0 Å². The normalized spacial score (nSPS) is 15.1. The smallest absolute Gasteiger partial charge is 0.250 e. The van der Waals surface area contributed by atoms with E-state index in [0.717, 1.165) is 5.56 Å². The molecule has 0 radical (unpaired) electrons. The lowest BCUT2D eigenvalue weighted by atomic mass is 9.93. The van der Waals surface area contributed by atoms with Crippen molar-refractivity contribution in [2.45, 2.75) is 25.3 Å². The molecule has 0 aliphatic heterocycles. The van der Waals surface area contributed by atoms with Gasteiger partial charge >= 0.3 is 0 Å². The van der Waals surface area contributed by atoms with E-state index in [4.69, 9.17) is 5.73 Å². The zero-order chi connectivity index (χ0) is 12.0. The van der Waals surface area contributed by atoms with E-state index in [1.54, 1.807) is 0 Å². The third-order valence-electron chi connectivity index (χ3n) is 2.72. The molecule has 1 rings (SSSR count). The van der Waals surface area contributed by atoms with Crippen molar-refractivity contribution < 1.29 is 8.78 Å². The van der Waals surface area contributed by atoms with Crippen LogP contribution >= 0.6 is 0 Å². The predicted octanol–water partition coefficient (Wildman–Crippen LogP) is 1.97. The van der Waals surface area contributed by atoms with Gasteiger partial charge < -0.3 is 11.1 Å². The maximum absolute atomic E-state index is 12.1. The van der Waals surface area contributed by atoms with Crippen LogP contribution in [-0.4, -0.2) is 25.6 Å². The summed E-state index contributed by atoms with van der Waals surface area (Å²) in [5.41, 5.74) is 6.70. The Morgan fingerprint density at radius 3 is 2.38 bits per heavy atom. The first-order chi connectivity index (χ1) is 7.65. The fourth-order valence-electron chi connectivity index (χ4n) is 1.69. The molecule has 0 saturated heterocycles. The third-order valence-corrected chi connectivity index (χ3v) is 2.72. The van der Waals surface area contributed by atoms with E-state index in [-0.39, 0.29) is 18.5 Å². The molecular formula is C12H18F2N2. The first-order valence-corrected chi connectivity index (χ1v) is 5.41. The molecule has 0 fully saturated rings. The number of nitrogens with one attached hydrogen (secondary N) is 1. The Kier molecular flexibility index (Phi) is 5.35. The van der Waals surface area contributed by atoms with Gasteiger partial charge in [0.05, 0.1) is 6.54 Å². The largest absolute Gasteiger partial charge is 0.329 e. The highest BCUT2D eigenvalue weighted by Gasteiger charge is 2.18. The minimum absolute atomic E-state index is 0.114. The van der Waals surface area contributed by atoms with Gasteiger partial charge in [-0.05, 0) is 11.5 Å². The van der Waals surface area contributed by atoms with Gasteiger partial charge in [0, 0.05) is 12.6 Å². The van der Waals surface area contributed by atoms with Crippen molar-refractivity contribution in [1.29, 1.82) is 0 Å².